The van der Waals surface area contributed by atoms with E-state index in [1.807, 2.05) is 0 Å². The SMILES string of the molecule is COCCC(N)C(=O)C1CCCCCC1. The van der Waals surface area contributed by atoms with Gasteiger partial charge < -0.3 is 10.5 Å². The minimum absolute atomic E-state index is 0.222. The maximum atomic E-state index is 12.0. The van der Waals surface area contributed by atoms with Gasteiger partial charge in [-0.25, -0.2) is 0 Å². The lowest BCUT2D eigenvalue weighted by molar-refractivity contribution is -0.124. The topological polar surface area (TPSA) is 52.3 Å². The Labute approximate surface area is 92.4 Å². The summed E-state index contributed by atoms with van der Waals surface area (Å²) in [4.78, 5) is 12.0. The summed E-state index contributed by atoms with van der Waals surface area (Å²) in [5.74, 6) is 0.480. The third-order valence-corrected chi connectivity index (χ3v) is 3.26. The zero-order valence-corrected chi connectivity index (χ0v) is 9.71. The lowest BCUT2D eigenvalue weighted by Crippen LogP contribution is -2.36. The highest BCUT2D eigenvalue weighted by atomic mass is 16.5. The normalized spacial score (nSPS) is 20.9. The summed E-state index contributed by atoms with van der Waals surface area (Å²) in [5.41, 5.74) is 5.86. The molecule has 1 aliphatic rings. The molecular weight excluding hydrogens is 190 g/mol. The fraction of sp³-hybridized carbons (Fsp3) is 0.917. The van der Waals surface area contributed by atoms with Gasteiger partial charge in [0, 0.05) is 19.6 Å². The van der Waals surface area contributed by atoms with Gasteiger partial charge in [0.2, 0.25) is 0 Å². The van der Waals surface area contributed by atoms with E-state index in [0.29, 0.717) is 13.0 Å². The van der Waals surface area contributed by atoms with Crippen LogP contribution >= 0.6 is 0 Å². The number of nitrogens with two attached hydrogens (primary N) is 1. The van der Waals surface area contributed by atoms with E-state index in [1.54, 1.807) is 7.11 Å². The first kappa shape index (κ1) is 12.7. The summed E-state index contributed by atoms with van der Waals surface area (Å²) in [6, 6.07) is -0.312. The highest BCUT2D eigenvalue weighted by molar-refractivity contribution is 5.86. The third kappa shape index (κ3) is 4.31. The first-order valence-electron chi connectivity index (χ1n) is 6.04. The van der Waals surface area contributed by atoms with E-state index in [4.69, 9.17) is 10.5 Å². The smallest absolute Gasteiger partial charge is 0.152 e. The van der Waals surface area contributed by atoms with Crippen molar-refractivity contribution in [3.63, 3.8) is 0 Å². The zero-order valence-electron chi connectivity index (χ0n) is 9.71. The first-order chi connectivity index (χ1) is 7.25. The maximum absolute atomic E-state index is 12.0. The number of ketones is 1. The highest BCUT2D eigenvalue weighted by Crippen LogP contribution is 2.24. The average Bonchev–Trinajstić information content (AvgIpc) is 2.53. The van der Waals surface area contributed by atoms with Crippen LogP contribution in [0.5, 0.6) is 0 Å². The number of carbonyl (C=O) groups is 1. The van der Waals surface area contributed by atoms with Gasteiger partial charge >= 0.3 is 0 Å². The van der Waals surface area contributed by atoms with E-state index in [2.05, 4.69) is 0 Å². The summed E-state index contributed by atoms with van der Waals surface area (Å²) in [7, 11) is 1.64. The monoisotopic (exact) mass is 213 g/mol. The Morgan fingerprint density at radius 3 is 2.47 bits per heavy atom. The molecule has 1 saturated carbocycles. The van der Waals surface area contributed by atoms with Crippen LogP contribution in [0.3, 0.4) is 0 Å². The lowest BCUT2D eigenvalue weighted by atomic mass is 9.90. The van der Waals surface area contributed by atoms with Crippen molar-refractivity contribution >= 4 is 5.78 Å². The summed E-state index contributed by atoms with van der Waals surface area (Å²) in [6.45, 7) is 0.583. The number of rotatable bonds is 5. The Morgan fingerprint density at radius 2 is 1.93 bits per heavy atom. The van der Waals surface area contributed by atoms with Crippen molar-refractivity contribution in [2.75, 3.05) is 13.7 Å². The van der Waals surface area contributed by atoms with E-state index in [-0.39, 0.29) is 17.7 Å². The predicted molar refractivity (Wildman–Crippen MR) is 60.7 cm³/mol. The summed E-state index contributed by atoms with van der Waals surface area (Å²) in [5, 5.41) is 0. The van der Waals surface area contributed by atoms with E-state index in [9.17, 15) is 4.79 Å². The molecule has 0 aliphatic heterocycles. The molecule has 0 aromatic heterocycles. The number of hydrogen-bond donors (Lipinski definition) is 1. The van der Waals surface area contributed by atoms with Crippen LogP contribution in [0.4, 0.5) is 0 Å². The van der Waals surface area contributed by atoms with Crippen LogP contribution in [0, 0.1) is 5.92 Å². The zero-order chi connectivity index (χ0) is 11.1. The van der Waals surface area contributed by atoms with Gasteiger partial charge in [-0.05, 0) is 19.3 Å². The quantitative estimate of drug-likeness (QED) is 0.709. The molecule has 2 N–H and O–H groups in total. The second-order valence-electron chi connectivity index (χ2n) is 4.48. The molecule has 3 nitrogen and oxygen atoms in total. The molecule has 0 heterocycles. The molecule has 15 heavy (non-hydrogen) atoms. The van der Waals surface area contributed by atoms with Crippen LogP contribution in [-0.2, 0) is 9.53 Å². The molecule has 88 valence electrons. The molecular formula is C12H23NO2. The first-order valence-corrected chi connectivity index (χ1v) is 6.04. The van der Waals surface area contributed by atoms with Crippen molar-refractivity contribution in [3.05, 3.63) is 0 Å². The fourth-order valence-electron chi connectivity index (χ4n) is 2.25. The van der Waals surface area contributed by atoms with E-state index >= 15 is 0 Å². The van der Waals surface area contributed by atoms with E-state index in [0.717, 1.165) is 12.8 Å². The number of carbonyl (C=O) groups excluding carboxylic acids is 1. The molecule has 0 saturated heterocycles. The van der Waals surface area contributed by atoms with Gasteiger partial charge in [0.05, 0.1) is 6.04 Å². The van der Waals surface area contributed by atoms with E-state index < -0.39 is 0 Å². The number of methoxy groups -OCH3 is 1. The number of hydrogen-bond acceptors (Lipinski definition) is 3. The van der Waals surface area contributed by atoms with Crippen molar-refractivity contribution in [1.29, 1.82) is 0 Å². The molecule has 1 unspecified atom stereocenters. The predicted octanol–water partition coefficient (Wildman–Crippen LogP) is 1.89. The molecule has 0 aromatic carbocycles. The standard InChI is InChI=1S/C12H23NO2/c1-15-9-8-11(13)12(14)10-6-4-2-3-5-7-10/h10-11H,2-9,13H2,1H3. The summed E-state index contributed by atoms with van der Waals surface area (Å²) in [6.07, 6.45) is 7.67. The van der Waals surface area contributed by atoms with Gasteiger partial charge in [0.25, 0.3) is 0 Å². The Kier molecular flexibility index (Phi) is 5.88. The molecule has 0 aromatic rings. The molecule has 1 rings (SSSR count). The highest BCUT2D eigenvalue weighted by Gasteiger charge is 2.24. The third-order valence-electron chi connectivity index (χ3n) is 3.26. The van der Waals surface area contributed by atoms with Crippen LogP contribution in [0.2, 0.25) is 0 Å². The maximum Gasteiger partial charge on any atom is 0.152 e. The van der Waals surface area contributed by atoms with Gasteiger partial charge in [0.1, 0.15) is 0 Å². The molecule has 1 aliphatic carbocycles. The van der Waals surface area contributed by atoms with Crippen molar-refractivity contribution in [1.82, 2.24) is 0 Å². The molecule has 1 atom stereocenters. The van der Waals surface area contributed by atoms with Gasteiger partial charge in [-0.2, -0.15) is 0 Å². The fourth-order valence-corrected chi connectivity index (χ4v) is 2.25. The summed E-state index contributed by atoms with van der Waals surface area (Å²) >= 11 is 0. The Morgan fingerprint density at radius 1 is 1.33 bits per heavy atom. The van der Waals surface area contributed by atoms with Crippen molar-refractivity contribution in [2.24, 2.45) is 11.7 Å². The minimum Gasteiger partial charge on any atom is -0.385 e. The number of ether oxygens (including phenoxy) is 1. The Hall–Kier alpha value is -0.410. The minimum atomic E-state index is -0.312. The van der Waals surface area contributed by atoms with Gasteiger partial charge in [-0.3, -0.25) is 4.79 Å². The van der Waals surface area contributed by atoms with Gasteiger partial charge in [0.15, 0.2) is 5.78 Å². The Bertz CT molecular complexity index is 186. The van der Waals surface area contributed by atoms with Gasteiger partial charge in [-0.15, -0.1) is 0 Å². The van der Waals surface area contributed by atoms with Crippen molar-refractivity contribution in [3.8, 4) is 0 Å². The second-order valence-corrected chi connectivity index (χ2v) is 4.48. The summed E-state index contributed by atoms with van der Waals surface area (Å²) < 4.78 is 4.94. The molecule has 3 heteroatoms. The van der Waals surface area contributed by atoms with Crippen LogP contribution < -0.4 is 5.73 Å². The average molecular weight is 213 g/mol. The molecule has 0 amide bonds. The molecule has 0 bridgehead atoms. The number of Topliss-reactive ketones (excluding diaryl/α,β-unsaturated/α-hetero) is 1. The lowest BCUT2D eigenvalue weighted by Gasteiger charge is -2.17. The Balaban J connectivity index is 2.35. The molecule has 0 radical (unpaired) electrons. The van der Waals surface area contributed by atoms with Crippen molar-refractivity contribution in [2.45, 2.75) is 51.0 Å². The van der Waals surface area contributed by atoms with Crippen molar-refractivity contribution < 1.29 is 9.53 Å². The second kappa shape index (κ2) is 6.96. The molecule has 0 spiro atoms. The van der Waals surface area contributed by atoms with Crippen LogP contribution in [0.25, 0.3) is 0 Å². The largest absolute Gasteiger partial charge is 0.385 e. The molecule has 1 fully saturated rings. The van der Waals surface area contributed by atoms with Crippen LogP contribution in [0.1, 0.15) is 44.9 Å². The van der Waals surface area contributed by atoms with Crippen LogP contribution in [-0.4, -0.2) is 25.5 Å². The van der Waals surface area contributed by atoms with Gasteiger partial charge in [-0.1, -0.05) is 25.7 Å². The van der Waals surface area contributed by atoms with Crippen LogP contribution in [0.15, 0.2) is 0 Å². The van der Waals surface area contributed by atoms with E-state index in [1.165, 1.54) is 25.7 Å².